The van der Waals surface area contributed by atoms with Gasteiger partial charge in [0.2, 0.25) is 0 Å². The number of nitrogens with zero attached hydrogens (tertiary/aromatic N) is 1. The van der Waals surface area contributed by atoms with Crippen LogP contribution in [0.3, 0.4) is 0 Å². The second-order valence-corrected chi connectivity index (χ2v) is 7.66. The molecule has 0 aliphatic rings. The summed E-state index contributed by atoms with van der Waals surface area (Å²) in [6, 6.07) is 12.9. The summed E-state index contributed by atoms with van der Waals surface area (Å²) in [5, 5.41) is 3.21. The van der Waals surface area contributed by atoms with E-state index >= 15 is 0 Å². The molecule has 0 aliphatic heterocycles. The second-order valence-electron chi connectivity index (χ2n) is 4.72. The molecular formula is C15H17Br2NS. The summed E-state index contributed by atoms with van der Waals surface area (Å²) in [6.07, 6.45) is 0. The summed E-state index contributed by atoms with van der Waals surface area (Å²) in [5.74, 6) is 0.535. The fraction of sp³-hybridized carbons (Fsp3) is 0.333. The third-order valence-corrected chi connectivity index (χ3v) is 5.40. The maximum Gasteiger partial charge on any atom is 0.0701 e. The van der Waals surface area contributed by atoms with Gasteiger partial charge in [-0.05, 0) is 45.6 Å². The van der Waals surface area contributed by atoms with Gasteiger partial charge in [-0.1, -0.05) is 46.3 Å². The van der Waals surface area contributed by atoms with E-state index in [0.29, 0.717) is 5.92 Å². The molecule has 0 bridgehead atoms. The summed E-state index contributed by atoms with van der Waals surface area (Å²) in [6.45, 7) is 2.06. The van der Waals surface area contributed by atoms with E-state index in [4.69, 9.17) is 0 Å². The number of hydrogen-bond acceptors (Lipinski definition) is 2. The topological polar surface area (TPSA) is 3.24 Å². The first-order chi connectivity index (χ1) is 9.19. The summed E-state index contributed by atoms with van der Waals surface area (Å²) in [4.78, 5) is 2.38. The highest BCUT2D eigenvalue weighted by molar-refractivity contribution is 9.11. The van der Waals surface area contributed by atoms with Gasteiger partial charge in [-0.15, -0.1) is 11.3 Å². The molecule has 2 aromatic rings. The van der Waals surface area contributed by atoms with Gasteiger partial charge in [0.05, 0.1) is 3.79 Å². The van der Waals surface area contributed by atoms with E-state index in [1.165, 1.54) is 14.9 Å². The summed E-state index contributed by atoms with van der Waals surface area (Å²) in [5.41, 5.74) is 2.78. The molecular weight excluding hydrogens is 386 g/mol. The van der Waals surface area contributed by atoms with Crippen molar-refractivity contribution in [3.05, 3.63) is 56.7 Å². The lowest BCUT2D eigenvalue weighted by molar-refractivity contribution is 0.312. The molecule has 102 valence electrons. The number of alkyl halides is 1. The Morgan fingerprint density at radius 2 is 2.00 bits per heavy atom. The predicted octanol–water partition coefficient (Wildman–Crippen LogP) is 5.12. The van der Waals surface area contributed by atoms with Crippen molar-refractivity contribution in [3.63, 3.8) is 0 Å². The number of rotatable bonds is 6. The van der Waals surface area contributed by atoms with Crippen LogP contribution in [-0.4, -0.2) is 23.8 Å². The average Bonchev–Trinajstić information content (AvgIpc) is 2.82. The summed E-state index contributed by atoms with van der Waals surface area (Å²) in [7, 11) is 2.18. The maximum absolute atomic E-state index is 3.64. The van der Waals surface area contributed by atoms with Crippen molar-refractivity contribution in [1.82, 2.24) is 4.90 Å². The minimum absolute atomic E-state index is 0.535. The van der Waals surface area contributed by atoms with Crippen LogP contribution in [0.5, 0.6) is 0 Å². The van der Waals surface area contributed by atoms with Gasteiger partial charge in [0, 0.05) is 24.3 Å². The molecule has 1 nitrogen and oxygen atoms in total. The van der Waals surface area contributed by atoms with E-state index in [0.717, 1.165) is 18.4 Å². The van der Waals surface area contributed by atoms with E-state index in [-0.39, 0.29) is 0 Å². The summed E-state index contributed by atoms with van der Waals surface area (Å²) >= 11 is 8.90. The average molecular weight is 403 g/mol. The van der Waals surface area contributed by atoms with Crippen LogP contribution in [0.25, 0.3) is 0 Å². The van der Waals surface area contributed by atoms with E-state index < -0.39 is 0 Å². The van der Waals surface area contributed by atoms with Crippen LogP contribution in [0.2, 0.25) is 0 Å². The van der Waals surface area contributed by atoms with Crippen molar-refractivity contribution in [2.24, 2.45) is 0 Å². The van der Waals surface area contributed by atoms with Crippen molar-refractivity contribution in [2.75, 3.05) is 18.9 Å². The molecule has 0 saturated carbocycles. The largest absolute Gasteiger partial charge is 0.301 e. The van der Waals surface area contributed by atoms with E-state index in [2.05, 4.69) is 85.6 Å². The highest BCUT2D eigenvalue weighted by atomic mass is 79.9. The zero-order valence-electron chi connectivity index (χ0n) is 10.9. The van der Waals surface area contributed by atoms with Gasteiger partial charge in [-0.25, -0.2) is 0 Å². The SMILES string of the molecule is CN(Cc1csc(Br)c1)CC(CBr)c1ccccc1. The number of thiophene rings is 1. The number of likely N-dealkylation sites (N-methyl/N-ethyl adjacent to an activating group) is 1. The smallest absolute Gasteiger partial charge is 0.0701 e. The number of hydrogen-bond donors (Lipinski definition) is 0. The predicted molar refractivity (Wildman–Crippen MR) is 91.3 cm³/mol. The lowest BCUT2D eigenvalue weighted by atomic mass is 10.0. The van der Waals surface area contributed by atoms with E-state index in [1.54, 1.807) is 11.3 Å². The van der Waals surface area contributed by atoms with Crippen molar-refractivity contribution < 1.29 is 0 Å². The fourth-order valence-corrected chi connectivity index (χ4v) is 3.93. The van der Waals surface area contributed by atoms with Crippen LogP contribution in [0.15, 0.2) is 45.6 Å². The summed E-state index contributed by atoms with van der Waals surface area (Å²) < 4.78 is 1.20. The zero-order valence-corrected chi connectivity index (χ0v) is 14.8. The van der Waals surface area contributed by atoms with Crippen molar-refractivity contribution in [1.29, 1.82) is 0 Å². The number of halogens is 2. The molecule has 1 heterocycles. The molecule has 0 saturated heterocycles. The zero-order chi connectivity index (χ0) is 13.7. The Labute approximate surface area is 135 Å². The van der Waals surface area contributed by atoms with Crippen LogP contribution >= 0.6 is 43.2 Å². The second kappa shape index (κ2) is 7.58. The molecule has 0 N–H and O–H groups in total. The van der Waals surface area contributed by atoms with Crippen LogP contribution in [0, 0.1) is 0 Å². The lowest BCUT2D eigenvalue weighted by Gasteiger charge is -2.22. The Hall–Kier alpha value is -0.160. The third-order valence-electron chi connectivity index (χ3n) is 3.06. The standard InChI is InChI=1S/C15H17Br2NS/c1-18(9-12-7-15(17)19-11-12)10-14(8-16)13-5-3-2-4-6-13/h2-7,11,14H,8-10H2,1H3. The molecule has 0 amide bonds. The van der Waals surface area contributed by atoms with Gasteiger partial charge in [-0.2, -0.15) is 0 Å². The molecule has 2 rings (SSSR count). The van der Waals surface area contributed by atoms with Gasteiger partial charge >= 0.3 is 0 Å². The molecule has 0 fully saturated rings. The van der Waals surface area contributed by atoms with E-state index in [1.807, 2.05) is 0 Å². The molecule has 0 spiro atoms. The first-order valence-corrected chi connectivity index (χ1v) is 9.01. The molecule has 4 heteroatoms. The Bertz CT molecular complexity index is 498. The normalized spacial score (nSPS) is 12.8. The van der Waals surface area contributed by atoms with E-state index in [9.17, 15) is 0 Å². The van der Waals surface area contributed by atoms with Crippen LogP contribution < -0.4 is 0 Å². The minimum atomic E-state index is 0.535. The first-order valence-electron chi connectivity index (χ1n) is 6.21. The van der Waals surface area contributed by atoms with Gasteiger partial charge in [-0.3, -0.25) is 0 Å². The molecule has 1 aromatic heterocycles. The van der Waals surface area contributed by atoms with Crippen LogP contribution in [0.1, 0.15) is 17.0 Å². The molecule has 1 atom stereocenters. The number of benzene rings is 1. The third kappa shape index (κ3) is 4.71. The monoisotopic (exact) mass is 401 g/mol. The molecule has 1 unspecified atom stereocenters. The Morgan fingerprint density at radius 1 is 1.26 bits per heavy atom. The van der Waals surface area contributed by atoms with Gasteiger partial charge in [0.25, 0.3) is 0 Å². The lowest BCUT2D eigenvalue weighted by Crippen LogP contribution is -2.24. The molecule has 19 heavy (non-hydrogen) atoms. The maximum atomic E-state index is 3.64. The van der Waals surface area contributed by atoms with Crippen molar-refractivity contribution in [2.45, 2.75) is 12.5 Å². The van der Waals surface area contributed by atoms with Crippen molar-refractivity contribution in [3.8, 4) is 0 Å². The molecule has 0 aliphatic carbocycles. The Morgan fingerprint density at radius 3 is 2.58 bits per heavy atom. The van der Waals surface area contributed by atoms with Gasteiger partial charge in [0.1, 0.15) is 0 Å². The first kappa shape index (κ1) is 15.2. The Kier molecular flexibility index (Phi) is 6.07. The highest BCUT2D eigenvalue weighted by Crippen LogP contribution is 2.23. The minimum Gasteiger partial charge on any atom is -0.301 e. The molecule has 0 radical (unpaired) electrons. The van der Waals surface area contributed by atoms with Gasteiger partial charge < -0.3 is 4.90 Å². The highest BCUT2D eigenvalue weighted by Gasteiger charge is 2.13. The van der Waals surface area contributed by atoms with Crippen molar-refractivity contribution >= 4 is 43.2 Å². The quantitative estimate of drug-likeness (QED) is 0.606. The van der Waals surface area contributed by atoms with Crippen LogP contribution in [-0.2, 0) is 6.54 Å². The van der Waals surface area contributed by atoms with Crippen LogP contribution in [0.4, 0.5) is 0 Å². The fourth-order valence-electron chi connectivity index (χ4n) is 2.15. The van der Waals surface area contributed by atoms with Gasteiger partial charge in [0.15, 0.2) is 0 Å². The molecule has 1 aromatic carbocycles. The Balaban J connectivity index is 1.95.